The van der Waals surface area contributed by atoms with Crippen LogP contribution >= 0.6 is 0 Å². The van der Waals surface area contributed by atoms with Crippen molar-refractivity contribution in [3.63, 3.8) is 0 Å². The Labute approximate surface area is 149 Å². The molecular formula is C20H28NO4+. The molecule has 0 bridgehead atoms. The highest BCUT2D eigenvalue weighted by atomic mass is 16.7. The average Bonchev–Trinajstić information content (AvgIpc) is 2.98. The molecule has 0 aromatic heterocycles. The number of likely N-dealkylation sites (N-methyl/N-ethyl adjacent to an activating group) is 1. The lowest BCUT2D eigenvalue weighted by Crippen LogP contribution is -3.10. The van der Waals surface area contributed by atoms with E-state index in [0.29, 0.717) is 23.8 Å². The van der Waals surface area contributed by atoms with E-state index in [-0.39, 0.29) is 12.8 Å². The zero-order valence-corrected chi connectivity index (χ0v) is 15.7. The molecule has 5 heteroatoms. The topological polar surface area (TPSA) is 52.4 Å². The number of benzene rings is 1. The highest BCUT2D eigenvalue weighted by Gasteiger charge is 2.36. The Morgan fingerprint density at radius 2 is 2.20 bits per heavy atom. The summed E-state index contributed by atoms with van der Waals surface area (Å²) in [5, 5.41) is 10.6. The van der Waals surface area contributed by atoms with E-state index in [4.69, 9.17) is 14.2 Å². The number of nitrogens with one attached hydrogen (secondary N) is 1. The number of ether oxygens (including phenoxy) is 3. The van der Waals surface area contributed by atoms with Crippen molar-refractivity contribution in [2.45, 2.75) is 45.3 Å². The van der Waals surface area contributed by atoms with Crippen LogP contribution in [0.1, 0.15) is 44.4 Å². The quantitative estimate of drug-likeness (QED) is 0.811. The summed E-state index contributed by atoms with van der Waals surface area (Å²) in [6.07, 6.45) is 1.59. The van der Waals surface area contributed by atoms with E-state index in [1.54, 1.807) is 14.0 Å². The number of hydrogen-bond acceptors (Lipinski definition) is 4. The Morgan fingerprint density at radius 1 is 1.44 bits per heavy atom. The largest absolute Gasteiger partial charge is 0.492 e. The van der Waals surface area contributed by atoms with Crippen LogP contribution < -0.4 is 19.1 Å². The summed E-state index contributed by atoms with van der Waals surface area (Å²) in [5.41, 5.74) is 1.26. The van der Waals surface area contributed by atoms with Crippen LogP contribution in [-0.4, -0.2) is 38.2 Å². The molecule has 0 fully saturated rings. The Morgan fingerprint density at radius 3 is 2.88 bits per heavy atom. The molecule has 3 atom stereocenters. The molecule has 1 aromatic rings. The second-order valence-corrected chi connectivity index (χ2v) is 7.64. The number of methoxy groups -OCH3 is 1. The molecule has 5 nitrogen and oxygen atoms in total. The van der Waals surface area contributed by atoms with Gasteiger partial charge in [0.05, 0.1) is 26.3 Å². The maximum Gasteiger partial charge on any atom is 0.231 e. The van der Waals surface area contributed by atoms with Crippen molar-refractivity contribution in [2.75, 3.05) is 27.5 Å². The monoisotopic (exact) mass is 346 g/mol. The Bertz CT molecular complexity index is 715. The highest BCUT2D eigenvalue weighted by molar-refractivity contribution is 5.62. The van der Waals surface area contributed by atoms with Gasteiger partial charge in [-0.1, -0.05) is 19.8 Å². The van der Waals surface area contributed by atoms with Crippen LogP contribution in [-0.2, 0) is 6.42 Å². The van der Waals surface area contributed by atoms with Crippen molar-refractivity contribution in [1.82, 2.24) is 0 Å². The molecule has 0 radical (unpaired) electrons. The molecule has 1 unspecified atom stereocenters. The molecule has 1 aromatic carbocycles. The van der Waals surface area contributed by atoms with Gasteiger partial charge in [-0.3, -0.25) is 0 Å². The lowest BCUT2D eigenvalue weighted by molar-refractivity contribution is -0.905. The van der Waals surface area contributed by atoms with Gasteiger partial charge in [0.2, 0.25) is 12.5 Å². The first-order valence-corrected chi connectivity index (χ1v) is 8.89. The standard InChI is InChI=1S/C20H27NO4/c1-13(2)11-20(3,22)8-6-15-17-14(7-9-21(15)4)10-16-18(19(17)23-5)25-12-24-16/h10,13,15,22H,7,9,11-12H2,1-5H3/p+1/t15-,20-/m1/s1. The number of hydrogen-bond donors (Lipinski definition) is 2. The second-order valence-electron chi connectivity index (χ2n) is 7.64. The fourth-order valence-corrected chi connectivity index (χ4v) is 3.79. The van der Waals surface area contributed by atoms with E-state index < -0.39 is 5.60 Å². The minimum Gasteiger partial charge on any atom is -0.492 e. The van der Waals surface area contributed by atoms with Crippen molar-refractivity contribution in [2.24, 2.45) is 5.92 Å². The van der Waals surface area contributed by atoms with Crippen LogP contribution in [0.5, 0.6) is 17.2 Å². The van der Waals surface area contributed by atoms with Gasteiger partial charge in [-0.15, -0.1) is 0 Å². The first-order chi connectivity index (χ1) is 11.8. The second kappa shape index (κ2) is 6.78. The summed E-state index contributed by atoms with van der Waals surface area (Å²) >= 11 is 0. The van der Waals surface area contributed by atoms with E-state index in [2.05, 4.69) is 32.7 Å². The molecule has 0 saturated heterocycles. The van der Waals surface area contributed by atoms with Crippen molar-refractivity contribution in [3.05, 3.63) is 17.2 Å². The third-order valence-corrected chi connectivity index (χ3v) is 4.81. The molecular weight excluding hydrogens is 318 g/mol. The van der Waals surface area contributed by atoms with Crippen LogP contribution in [0.15, 0.2) is 6.07 Å². The fraction of sp³-hybridized carbons (Fsp3) is 0.600. The van der Waals surface area contributed by atoms with Crippen LogP contribution in [0.4, 0.5) is 0 Å². The Hall–Kier alpha value is -1.90. The van der Waals surface area contributed by atoms with Crippen LogP contribution in [0, 0.1) is 17.8 Å². The van der Waals surface area contributed by atoms with Gasteiger partial charge in [-0.2, -0.15) is 0 Å². The minimum absolute atomic E-state index is 0.0631. The maximum atomic E-state index is 10.6. The molecule has 0 aliphatic carbocycles. The molecule has 136 valence electrons. The number of fused-ring (bicyclic) bond motifs is 2. The van der Waals surface area contributed by atoms with Gasteiger partial charge in [-0.25, -0.2) is 0 Å². The zero-order valence-electron chi connectivity index (χ0n) is 15.7. The van der Waals surface area contributed by atoms with Gasteiger partial charge in [-0.05, 0) is 36.8 Å². The third kappa shape index (κ3) is 3.56. The maximum absolute atomic E-state index is 10.6. The summed E-state index contributed by atoms with van der Waals surface area (Å²) in [5.74, 6) is 8.94. The summed E-state index contributed by atoms with van der Waals surface area (Å²) < 4.78 is 16.8. The van der Waals surface area contributed by atoms with Gasteiger partial charge < -0.3 is 24.2 Å². The summed E-state index contributed by atoms with van der Waals surface area (Å²) in [4.78, 5) is 1.29. The highest BCUT2D eigenvalue weighted by Crippen LogP contribution is 2.47. The fourth-order valence-electron chi connectivity index (χ4n) is 3.79. The Kier molecular flexibility index (Phi) is 4.86. The van der Waals surface area contributed by atoms with Gasteiger partial charge >= 0.3 is 0 Å². The van der Waals surface area contributed by atoms with E-state index in [9.17, 15) is 5.11 Å². The normalized spacial score (nSPS) is 23.5. The summed E-state index contributed by atoms with van der Waals surface area (Å²) in [7, 11) is 3.78. The van der Waals surface area contributed by atoms with E-state index >= 15 is 0 Å². The molecule has 25 heavy (non-hydrogen) atoms. The molecule has 2 aliphatic rings. The van der Waals surface area contributed by atoms with Gasteiger partial charge in [0, 0.05) is 6.42 Å². The first-order valence-electron chi connectivity index (χ1n) is 8.89. The number of rotatable bonds is 3. The first kappa shape index (κ1) is 17.9. The van der Waals surface area contributed by atoms with E-state index in [1.807, 2.05) is 6.07 Å². The smallest absolute Gasteiger partial charge is 0.231 e. The molecule has 2 N–H and O–H groups in total. The molecule has 0 saturated carbocycles. The van der Waals surface area contributed by atoms with Crippen molar-refractivity contribution in [3.8, 4) is 29.1 Å². The lowest BCUT2D eigenvalue weighted by Gasteiger charge is -2.30. The van der Waals surface area contributed by atoms with Crippen molar-refractivity contribution >= 4 is 0 Å². The van der Waals surface area contributed by atoms with Gasteiger partial charge in [0.15, 0.2) is 17.5 Å². The van der Waals surface area contributed by atoms with Crippen LogP contribution in [0.2, 0.25) is 0 Å². The number of quaternary nitrogens is 1. The molecule has 0 spiro atoms. The van der Waals surface area contributed by atoms with Crippen LogP contribution in [0.25, 0.3) is 0 Å². The van der Waals surface area contributed by atoms with Gasteiger partial charge in [0.25, 0.3) is 0 Å². The third-order valence-electron chi connectivity index (χ3n) is 4.81. The van der Waals surface area contributed by atoms with E-state index in [1.165, 1.54) is 10.5 Å². The molecule has 0 amide bonds. The van der Waals surface area contributed by atoms with Crippen molar-refractivity contribution in [1.29, 1.82) is 0 Å². The summed E-state index contributed by atoms with van der Waals surface area (Å²) in [6, 6.07) is 1.99. The zero-order chi connectivity index (χ0) is 18.2. The molecule has 2 heterocycles. The predicted octanol–water partition coefficient (Wildman–Crippen LogP) is 1.34. The number of aliphatic hydroxyl groups is 1. The van der Waals surface area contributed by atoms with Crippen LogP contribution in [0.3, 0.4) is 0 Å². The van der Waals surface area contributed by atoms with Gasteiger partial charge in [0.1, 0.15) is 5.60 Å². The molecule has 3 rings (SSSR count). The minimum atomic E-state index is -0.990. The SMILES string of the molecule is COc1c2c(cc3c1[C@@H](C#C[C@@](C)(O)CC(C)C)[NH+](C)CC3)OCO2. The average molecular weight is 346 g/mol. The van der Waals surface area contributed by atoms with Crippen molar-refractivity contribution < 1.29 is 24.2 Å². The van der Waals surface area contributed by atoms with E-state index in [0.717, 1.165) is 24.3 Å². The lowest BCUT2D eigenvalue weighted by atomic mass is 9.89. The Balaban J connectivity index is 2.03. The predicted molar refractivity (Wildman–Crippen MR) is 95.2 cm³/mol. The summed E-state index contributed by atoms with van der Waals surface area (Å²) in [6.45, 7) is 7.16. The molecule has 2 aliphatic heterocycles.